The van der Waals surface area contributed by atoms with Gasteiger partial charge in [-0.15, -0.1) is 0 Å². The number of fused-ring (bicyclic) bond motifs is 9. The van der Waals surface area contributed by atoms with Crippen LogP contribution in [0.3, 0.4) is 0 Å². The van der Waals surface area contributed by atoms with Crippen LogP contribution in [0.25, 0.3) is 116 Å². The van der Waals surface area contributed by atoms with Crippen molar-refractivity contribution in [1.82, 2.24) is 19.5 Å². The monoisotopic (exact) mass is 750 g/mol. The van der Waals surface area contributed by atoms with E-state index in [-0.39, 0.29) is 0 Å². The van der Waals surface area contributed by atoms with E-state index in [4.69, 9.17) is 15.0 Å². The maximum Gasteiger partial charge on any atom is 0.160 e. The van der Waals surface area contributed by atoms with Crippen LogP contribution in [0.5, 0.6) is 0 Å². The molecule has 0 saturated carbocycles. The number of hydrogen-bond acceptors (Lipinski definition) is 3. The topological polar surface area (TPSA) is 43.6 Å². The zero-order valence-electron chi connectivity index (χ0n) is 31.9. The molecule has 0 atom stereocenters. The van der Waals surface area contributed by atoms with Crippen molar-refractivity contribution < 1.29 is 0 Å². The van der Waals surface area contributed by atoms with E-state index in [1.807, 2.05) is 6.07 Å². The predicted molar refractivity (Wildman–Crippen MR) is 246 cm³/mol. The summed E-state index contributed by atoms with van der Waals surface area (Å²) in [4.78, 5) is 15.9. The van der Waals surface area contributed by atoms with Crippen molar-refractivity contribution in [2.45, 2.75) is 0 Å². The highest BCUT2D eigenvalue weighted by Gasteiger charge is 2.20. The minimum absolute atomic E-state index is 0.708. The summed E-state index contributed by atoms with van der Waals surface area (Å²) < 4.78 is 2.40. The fourth-order valence-corrected chi connectivity index (χ4v) is 9.01. The molecular formula is C55H34N4. The minimum atomic E-state index is 0.708. The Bertz CT molecular complexity index is 3580. The molecule has 0 aliphatic heterocycles. The molecule has 0 aliphatic carbocycles. The highest BCUT2D eigenvalue weighted by molar-refractivity contribution is 6.23. The van der Waals surface area contributed by atoms with Gasteiger partial charge < -0.3 is 4.57 Å². The molecule has 4 nitrogen and oxygen atoms in total. The van der Waals surface area contributed by atoms with Crippen LogP contribution in [0, 0.1) is 0 Å². The Balaban J connectivity index is 1.03. The highest BCUT2D eigenvalue weighted by atomic mass is 15.0. The first-order valence-corrected chi connectivity index (χ1v) is 20.0. The minimum Gasteiger partial charge on any atom is -0.307 e. The summed E-state index contributed by atoms with van der Waals surface area (Å²) in [5.74, 6) is 0.708. The van der Waals surface area contributed by atoms with E-state index in [0.717, 1.165) is 83.1 Å². The van der Waals surface area contributed by atoms with Crippen LogP contribution >= 0.6 is 0 Å². The number of rotatable bonds is 5. The maximum atomic E-state index is 5.53. The molecule has 0 fully saturated rings. The Kier molecular flexibility index (Phi) is 7.50. The van der Waals surface area contributed by atoms with Crippen molar-refractivity contribution in [2.24, 2.45) is 0 Å². The molecule has 0 aliphatic rings. The average Bonchev–Trinajstić information content (AvgIpc) is 3.65. The first-order chi connectivity index (χ1) is 29.3. The second-order valence-electron chi connectivity index (χ2n) is 15.1. The van der Waals surface area contributed by atoms with E-state index in [2.05, 4.69) is 205 Å². The zero-order chi connectivity index (χ0) is 38.9. The smallest absolute Gasteiger partial charge is 0.160 e. The lowest BCUT2D eigenvalue weighted by Crippen LogP contribution is -1.97. The molecule has 59 heavy (non-hydrogen) atoms. The summed E-state index contributed by atoms with van der Waals surface area (Å²) in [5, 5.41) is 9.26. The molecule has 0 bridgehead atoms. The van der Waals surface area contributed by atoms with Gasteiger partial charge in [-0.1, -0.05) is 182 Å². The summed E-state index contributed by atoms with van der Waals surface area (Å²) in [5.41, 5.74) is 12.6. The lowest BCUT2D eigenvalue weighted by atomic mass is 9.98. The molecule has 3 heterocycles. The summed E-state index contributed by atoms with van der Waals surface area (Å²) in [6, 6.07) is 73.1. The third-order valence-electron chi connectivity index (χ3n) is 11.8. The van der Waals surface area contributed by atoms with Gasteiger partial charge in [-0.2, -0.15) is 0 Å². The van der Waals surface area contributed by atoms with Crippen molar-refractivity contribution in [3.8, 4) is 50.7 Å². The molecule has 0 radical (unpaired) electrons. The van der Waals surface area contributed by atoms with Gasteiger partial charge in [-0.3, -0.25) is 0 Å². The molecule has 4 heteroatoms. The van der Waals surface area contributed by atoms with Gasteiger partial charge in [0, 0.05) is 49.3 Å². The lowest BCUT2D eigenvalue weighted by Gasteiger charge is -2.13. The van der Waals surface area contributed by atoms with Gasteiger partial charge in [0.25, 0.3) is 0 Å². The van der Waals surface area contributed by atoms with Gasteiger partial charge >= 0.3 is 0 Å². The first-order valence-electron chi connectivity index (χ1n) is 20.0. The van der Waals surface area contributed by atoms with E-state index in [1.165, 1.54) is 26.9 Å². The Labute approximate surface area is 340 Å². The van der Waals surface area contributed by atoms with E-state index < -0.39 is 0 Å². The second-order valence-corrected chi connectivity index (χ2v) is 15.1. The van der Waals surface area contributed by atoms with Crippen molar-refractivity contribution >= 4 is 65.2 Å². The van der Waals surface area contributed by atoms with Crippen LogP contribution in [0.1, 0.15) is 0 Å². The standard InChI is InChI=1S/C55H34N4/c1-3-15-37(16-4-1)51-45-22-10-9-21-42(45)46-32-33-47-43-31-30-39(34-50(43)59(54(47)53(46)57-51)40-18-5-2-6-19-40)35-26-28-38(29-27-35)55-56-49-25-12-11-23-48(49)52(58-55)44-24-13-17-36-14-7-8-20-41(36)44/h1-34H. The van der Waals surface area contributed by atoms with Gasteiger partial charge in [0.2, 0.25) is 0 Å². The fourth-order valence-electron chi connectivity index (χ4n) is 9.01. The van der Waals surface area contributed by atoms with Crippen molar-refractivity contribution in [1.29, 1.82) is 0 Å². The van der Waals surface area contributed by atoms with Gasteiger partial charge in [0.05, 0.1) is 33.5 Å². The third-order valence-corrected chi connectivity index (χ3v) is 11.8. The van der Waals surface area contributed by atoms with Gasteiger partial charge in [-0.05, 0) is 51.6 Å². The van der Waals surface area contributed by atoms with Crippen LogP contribution in [0.2, 0.25) is 0 Å². The number of nitrogens with zero attached hydrogens (tertiary/aromatic N) is 4. The Hall–Kier alpha value is -7.95. The number of benzene rings is 9. The number of hydrogen-bond donors (Lipinski definition) is 0. The third kappa shape index (κ3) is 5.34. The lowest BCUT2D eigenvalue weighted by molar-refractivity contribution is 1.18. The van der Waals surface area contributed by atoms with Crippen LogP contribution in [-0.4, -0.2) is 19.5 Å². The van der Waals surface area contributed by atoms with Crippen LogP contribution < -0.4 is 0 Å². The summed E-state index contributed by atoms with van der Waals surface area (Å²) in [6.07, 6.45) is 0. The molecule has 0 spiro atoms. The maximum absolute atomic E-state index is 5.53. The van der Waals surface area contributed by atoms with E-state index in [9.17, 15) is 0 Å². The average molecular weight is 751 g/mol. The largest absolute Gasteiger partial charge is 0.307 e. The summed E-state index contributed by atoms with van der Waals surface area (Å²) in [6.45, 7) is 0. The Morgan fingerprint density at radius 3 is 1.80 bits per heavy atom. The molecule has 3 aromatic heterocycles. The molecule has 274 valence electrons. The molecule has 0 amide bonds. The predicted octanol–water partition coefficient (Wildman–Crippen LogP) is 14.2. The Morgan fingerprint density at radius 1 is 0.339 bits per heavy atom. The molecule has 12 aromatic rings. The number of para-hydroxylation sites is 2. The summed E-state index contributed by atoms with van der Waals surface area (Å²) in [7, 11) is 0. The van der Waals surface area contributed by atoms with Gasteiger partial charge in [0.15, 0.2) is 5.82 Å². The van der Waals surface area contributed by atoms with Crippen LogP contribution in [0.4, 0.5) is 0 Å². The van der Waals surface area contributed by atoms with Crippen molar-refractivity contribution in [3.05, 3.63) is 206 Å². The molecule has 12 rings (SSSR count). The summed E-state index contributed by atoms with van der Waals surface area (Å²) >= 11 is 0. The van der Waals surface area contributed by atoms with E-state index >= 15 is 0 Å². The number of aromatic nitrogens is 4. The van der Waals surface area contributed by atoms with E-state index in [0.29, 0.717) is 5.82 Å². The van der Waals surface area contributed by atoms with Crippen LogP contribution in [0.15, 0.2) is 206 Å². The normalized spacial score (nSPS) is 11.7. The van der Waals surface area contributed by atoms with Crippen molar-refractivity contribution in [3.63, 3.8) is 0 Å². The van der Waals surface area contributed by atoms with Gasteiger partial charge in [-0.25, -0.2) is 15.0 Å². The molecule has 0 N–H and O–H groups in total. The van der Waals surface area contributed by atoms with Crippen molar-refractivity contribution in [2.75, 3.05) is 0 Å². The first kappa shape index (κ1) is 33.2. The highest BCUT2D eigenvalue weighted by Crippen LogP contribution is 2.42. The quantitative estimate of drug-likeness (QED) is 0.165. The molecule has 9 aromatic carbocycles. The number of pyridine rings is 1. The molecular weight excluding hydrogens is 717 g/mol. The molecule has 0 saturated heterocycles. The fraction of sp³-hybridized carbons (Fsp3) is 0. The SMILES string of the molecule is c1ccc(-c2nc3c(ccc4c5ccc(-c6ccc(-c7nc(-c8cccc9ccccc89)c8ccccc8n7)cc6)cc5n(-c5ccccc5)c43)c3ccccc23)cc1. The second kappa shape index (κ2) is 13.3. The van der Waals surface area contributed by atoms with Crippen LogP contribution in [-0.2, 0) is 0 Å². The zero-order valence-corrected chi connectivity index (χ0v) is 31.9. The molecule has 0 unspecified atom stereocenters. The Morgan fingerprint density at radius 2 is 0.966 bits per heavy atom. The van der Waals surface area contributed by atoms with E-state index in [1.54, 1.807) is 0 Å². The van der Waals surface area contributed by atoms with Gasteiger partial charge in [0.1, 0.15) is 0 Å².